The van der Waals surface area contributed by atoms with Crippen LogP contribution in [0.15, 0.2) is 48.5 Å². The number of β-amino-alcohol motifs (C(OH)–C–C–N with tert-alkyl or cyclic N) is 1. The highest BCUT2D eigenvalue weighted by Gasteiger charge is 2.33. The molecule has 2 aromatic rings. The largest absolute Gasteiger partial charge is 0.392 e. The van der Waals surface area contributed by atoms with E-state index in [2.05, 4.69) is 95.4 Å². The Kier molecular flexibility index (Phi) is 8.81. The Morgan fingerprint density at radius 1 is 0.697 bits per heavy atom. The van der Waals surface area contributed by atoms with Gasteiger partial charge in [-0.3, -0.25) is 0 Å². The molecular weight excluding hydrogens is 402 g/mol. The van der Waals surface area contributed by atoms with Crippen molar-refractivity contribution in [1.29, 1.82) is 0 Å². The van der Waals surface area contributed by atoms with Crippen molar-refractivity contribution in [3.63, 3.8) is 0 Å². The van der Waals surface area contributed by atoms with Crippen LogP contribution in [0.2, 0.25) is 0 Å². The highest BCUT2D eigenvalue weighted by Crippen LogP contribution is 2.39. The second-order valence-electron chi connectivity index (χ2n) is 10.3. The van der Waals surface area contributed by atoms with Gasteiger partial charge < -0.3 is 10.4 Å². The lowest BCUT2D eigenvalue weighted by molar-refractivity contribution is 0.192. The fourth-order valence-electron chi connectivity index (χ4n) is 6.47. The fraction of sp³-hybridized carbons (Fsp3) is 0.613. The van der Waals surface area contributed by atoms with Crippen molar-refractivity contribution in [2.45, 2.75) is 115 Å². The summed E-state index contributed by atoms with van der Waals surface area (Å²) in [5.74, 6) is 0.254. The van der Waals surface area contributed by atoms with E-state index >= 15 is 0 Å². The number of aliphatic hydroxyl groups excluding tert-OH is 1. The lowest BCUT2D eigenvalue weighted by Crippen LogP contribution is -2.30. The molecule has 0 unspecified atom stereocenters. The van der Waals surface area contributed by atoms with E-state index in [-0.39, 0.29) is 28.9 Å². The van der Waals surface area contributed by atoms with Gasteiger partial charge in [-0.05, 0) is 78.0 Å². The first-order valence-corrected chi connectivity index (χ1v) is 13.5. The summed E-state index contributed by atoms with van der Waals surface area (Å²) in [6.07, 6.45) is 7.60. The first-order valence-electron chi connectivity index (χ1n) is 13.5. The van der Waals surface area contributed by atoms with E-state index in [9.17, 15) is 5.11 Å². The minimum atomic E-state index is -0.253. The van der Waals surface area contributed by atoms with Crippen molar-refractivity contribution in [2.75, 3.05) is 6.54 Å². The highest BCUT2D eigenvalue weighted by atomic mass is 16.3. The van der Waals surface area contributed by atoms with E-state index in [1.807, 2.05) is 0 Å². The van der Waals surface area contributed by atoms with Crippen LogP contribution < -0.4 is 5.32 Å². The average Bonchev–Trinajstić information content (AvgIpc) is 3.29. The maximum atomic E-state index is 10.3. The van der Waals surface area contributed by atoms with Crippen LogP contribution in [-0.2, 0) is 10.8 Å². The third-order valence-corrected chi connectivity index (χ3v) is 9.37. The predicted molar refractivity (Wildman–Crippen MR) is 142 cm³/mol. The number of nitrogens with one attached hydrogen (secondary N) is 1. The molecule has 2 nitrogen and oxygen atoms in total. The lowest BCUT2D eigenvalue weighted by Gasteiger charge is -2.33. The smallest absolute Gasteiger partial charge is 0.0679 e. The summed E-state index contributed by atoms with van der Waals surface area (Å²) in [6, 6.07) is 19.1. The molecule has 2 N–H and O–H groups in total. The van der Waals surface area contributed by atoms with E-state index < -0.39 is 0 Å². The van der Waals surface area contributed by atoms with Crippen LogP contribution in [-0.4, -0.2) is 23.8 Å². The Morgan fingerprint density at radius 2 is 1.06 bits per heavy atom. The van der Waals surface area contributed by atoms with Crippen molar-refractivity contribution in [3.8, 4) is 0 Å². The SMILES string of the molecule is CCC(CC)(CC)c1ccc(C(c2ccc(C(CC)(CC)CC)cc2)[C@H]2C[C@H](O)CN2)cc1. The molecule has 1 heterocycles. The highest BCUT2D eigenvalue weighted by molar-refractivity contribution is 5.40. The second-order valence-corrected chi connectivity index (χ2v) is 10.3. The Labute approximate surface area is 203 Å². The van der Waals surface area contributed by atoms with Gasteiger partial charge in [0, 0.05) is 18.5 Å². The molecule has 2 atom stereocenters. The van der Waals surface area contributed by atoms with E-state index in [1.165, 1.54) is 60.8 Å². The molecule has 0 amide bonds. The maximum absolute atomic E-state index is 10.3. The standard InChI is InChI=1S/C31H47NO/c1-7-30(8-2,9-3)25-17-13-23(14-18-25)29(28-21-27(33)22-32-28)24-15-19-26(20-16-24)31(10-4,11-5)12-6/h13-20,27-29,32-33H,7-12,21-22H2,1-6H3/t27-,28+/m0/s1. The minimum Gasteiger partial charge on any atom is -0.392 e. The number of rotatable bonds is 11. The van der Waals surface area contributed by atoms with Gasteiger partial charge in [-0.25, -0.2) is 0 Å². The van der Waals surface area contributed by atoms with Crippen LogP contribution in [0.4, 0.5) is 0 Å². The van der Waals surface area contributed by atoms with Crippen LogP contribution >= 0.6 is 0 Å². The quantitative estimate of drug-likeness (QED) is 0.373. The molecule has 0 aromatic heterocycles. The van der Waals surface area contributed by atoms with Crippen molar-refractivity contribution in [1.82, 2.24) is 5.32 Å². The average molecular weight is 450 g/mol. The molecule has 2 heteroatoms. The van der Waals surface area contributed by atoms with Crippen molar-refractivity contribution < 1.29 is 5.11 Å². The third kappa shape index (κ3) is 5.08. The molecule has 33 heavy (non-hydrogen) atoms. The number of hydrogen-bond donors (Lipinski definition) is 2. The molecule has 2 aromatic carbocycles. The third-order valence-electron chi connectivity index (χ3n) is 9.37. The van der Waals surface area contributed by atoms with Gasteiger partial charge in [0.25, 0.3) is 0 Å². The van der Waals surface area contributed by atoms with Gasteiger partial charge >= 0.3 is 0 Å². The molecule has 0 spiro atoms. The zero-order valence-electron chi connectivity index (χ0n) is 22.0. The van der Waals surface area contributed by atoms with Crippen molar-refractivity contribution >= 4 is 0 Å². The summed E-state index contributed by atoms with van der Waals surface area (Å²) in [5, 5.41) is 13.9. The van der Waals surface area contributed by atoms with E-state index in [1.54, 1.807) is 0 Å². The van der Waals surface area contributed by atoms with Crippen molar-refractivity contribution in [2.24, 2.45) is 0 Å². The minimum absolute atomic E-state index is 0.253. The Bertz CT molecular complexity index is 765. The molecule has 0 saturated carbocycles. The molecule has 0 aliphatic carbocycles. The zero-order valence-corrected chi connectivity index (χ0v) is 22.0. The molecule has 3 rings (SSSR count). The summed E-state index contributed by atoms with van der Waals surface area (Å²) in [5.41, 5.74) is 6.19. The van der Waals surface area contributed by atoms with Gasteiger partial charge in [0.1, 0.15) is 0 Å². The Balaban J connectivity index is 1.98. The van der Waals surface area contributed by atoms with Gasteiger partial charge in [0.2, 0.25) is 0 Å². The van der Waals surface area contributed by atoms with Crippen LogP contribution in [0, 0.1) is 0 Å². The van der Waals surface area contributed by atoms with Crippen LogP contribution in [0.5, 0.6) is 0 Å². The normalized spacial score (nSPS) is 19.4. The lowest BCUT2D eigenvalue weighted by atomic mass is 9.72. The molecule has 0 bridgehead atoms. The van der Waals surface area contributed by atoms with Crippen LogP contribution in [0.25, 0.3) is 0 Å². The molecule has 0 radical (unpaired) electrons. The predicted octanol–water partition coefficient (Wildman–Crippen LogP) is 7.48. The number of aliphatic hydroxyl groups is 1. The molecule has 1 fully saturated rings. The van der Waals surface area contributed by atoms with Gasteiger partial charge in [0.05, 0.1) is 6.10 Å². The molecule has 1 aliphatic heterocycles. The fourth-order valence-corrected chi connectivity index (χ4v) is 6.47. The summed E-state index contributed by atoms with van der Waals surface area (Å²) < 4.78 is 0. The van der Waals surface area contributed by atoms with E-state index in [0.717, 1.165) is 6.42 Å². The summed E-state index contributed by atoms with van der Waals surface area (Å²) >= 11 is 0. The molecule has 182 valence electrons. The number of benzene rings is 2. The van der Waals surface area contributed by atoms with Crippen LogP contribution in [0.1, 0.15) is 115 Å². The molecule has 1 aliphatic rings. The zero-order chi connectivity index (χ0) is 24.1. The summed E-state index contributed by atoms with van der Waals surface area (Å²) in [4.78, 5) is 0. The second kappa shape index (κ2) is 11.2. The topological polar surface area (TPSA) is 32.3 Å². The van der Waals surface area contributed by atoms with E-state index in [0.29, 0.717) is 6.54 Å². The molecular formula is C31H47NO. The van der Waals surface area contributed by atoms with Gasteiger partial charge in [-0.15, -0.1) is 0 Å². The monoisotopic (exact) mass is 449 g/mol. The summed E-state index contributed by atoms with van der Waals surface area (Å²) in [7, 11) is 0. The van der Waals surface area contributed by atoms with Gasteiger partial charge in [-0.1, -0.05) is 90.1 Å². The number of hydrogen-bond acceptors (Lipinski definition) is 2. The summed E-state index contributed by atoms with van der Waals surface area (Å²) in [6.45, 7) is 14.6. The van der Waals surface area contributed by atoms with Crippen LogP contribution in [0.3, 0.4) is 0 Å². The van der Waals surface area contributed by atoms with Gasteiger partial charge in [-0.2, -0.15) is 0 Å². The Morgan fingerprint density at radius 3 is 1.33 bits per heavy atom. The maximum Gasteiger partial charge on any atom is 0.0679 e. The van der Waals surface area contributed by atoms with Gasteiger partial charge in [0.15, 0.2) is 0 Å². The van der Waals surface area contributed by atoms with E-state index in [4.69, 9.17) is 0 Å². The molecule has 1 saturated heterocycles. The Hall–Kier alpha value is -1.64. The first kappa shape index (κ1) is 26.0. The first-order chi connectivity index (χ1) is 15.9. The van der Waals surface area contributed by atoms with Crippen molar-refractivity contribution in [3.05, 3.63) is 70.8 Å².